The molecule has 0 saturated heterocycles. The van der Waals surface area contributed by atoms with Gasteiger partial charge in [0.05, 0.1) is 6.61 Å². The lowest BCUT2D eigenvalue weighted by molar-refractivity contribution is 0.109. The number of carbonyl (C=O) groups is 2. The molecule has 1 rings (SSSR count). The fraction of sp³-hybridized carbons (Fsp3) is 0.200. The lowest BCUT2D eigenvalue weighted by atomic mass is 10.1. The third kappa shape index (κ3) is 4.79. The van der Waals surface area contributed by atoms with Gasteiger partial charge >= 0.3 is 0 Å². The number of benzene rings is 1. The van der Waals surface area contributed by atoms with Gasteiger partial charge in [0.15, 0.2) is 12.6 Å². The van der Waals surface area contributed by atoms with Crippen LogP contribution in [0.2, 0.25) is 0 Å². The van der Waals surface area contributed by atoms with E-state index in [9.17, 15) is 9.59 Å². The van der Waals surface area contributed by atoms with Crippen molar-refractivity contribution in [3.05, 3.63) is 35.4 Å². The van der Waals surface area contributed by atoms with Crippen LogP contribution in [0.1, 0.15) is 20.7 Å². The average molecular weight is 212 g/mol. The number of aldehydes is 2. The second-order valence-corrected chi connectivity index (χ2v) is 2.76. The first kappa shape index (κ1) is 12.9. The first-order chi connectivity index (χ1) is 6.79. The van der Waals surface area contributed by atoms with Gasteiger partial charge in [-0.1, -0.05) is 24.3 Å². The monoisotopic (exact) mass is 212 g/mol. The number of hydrogen-bond acceptors (Lipinski definition) is 4. The number of hydrogen-bond donors (Lipinski definition) is 2. The molecule has 0 aromatic heterocycles. The van der Waals surface area contributed by atoms with Crippen molar-refractivity contribution in [2.45, 2.75) is 0 Å². The van der Waals surface area contributed by atoms with Gasteiger partial charge in [0, 0.05) is 16.9 Å². The van der Waals surface area contributed by atoms with Gasteiger partial charge in [-0.2, -0.15) is 12.6 Å². The summed E-state index contributed by atoms with van der Waals surface area (Å²) in [5.41, 5.74) is 0.884. The van der Waals surface area contributed by atoms with Gasteiger partial charge in [0.2, 0.25) is 0 Å². The summed E-state index contributed by atoms with van der Waals surface area (Å²) in [7, 11) is 0. The van der Waals surface area contributed by atoms with Crippen LogP contribution in [0.4, 0.5) is 0 Å². The third-order valence-corrected chi connectivity index (χ3v) is 1.55. The van der Waals surface area contributed by atoms with Crippen LogP contribution in [0, 0.1) is 0 Å². The molecule has 0 bridgehead atoms. The topological polar surface area (TPSA) is 54.4 Å². The van der Waals surface area contributed by atoms with E-state index in [0.29, 0.717) is 29.5 Å². The minimum Gasteiger partial charge on any atom is -0.396 e. The third-order valence-electron chi connectivity index (χ3n) is 1.35. The summed E-state index contributed by atoms with van der Waals surface area (Å²) in [6, 6.07) is 6.65. The van der Waals surface area contributed by atoms with E-state index in [1.165, 1.54) is 0 Å². The smallest absolute Gasteiger partial charge is 0.150 e. The molecule has 0 spiro atoms. The second-order valence-electron chi connectivity index (χ2n) is 2.31. The average Bonchev–Trinajstić information content (AvgIpc) is 2.29. The zero-order valence-corrected chi connectivity index (χ0v) is 8.48. The van der Waals surface area contributed by atoms with Crippen LogP contribution < -0.4 is 0 Å². The number of carbonyl (C=O) groups excluding carboxylic acids is 2. The predicted molar refractivity (Wildman–Crippen MR) is 58.2 cm³/mol. The van der Waals surface area contributed by atoms with Gasteiger partial charge in [-0.25, -0.2) is 0 Å². The normalized spacial score (nSPS) is 8.43. The Kier molecular flexibility index (Phi) is 7.78. The summed E-state index contributed by atoms with van der Waals surface area (Å²) in [6.07, 6.45) is 1.34. The molecule has 0 fully saturated rings. The molecule has 0 unspecified atom stereocenters. The van der Waals surface area contributed by atoms with Gasteiger partial charge in [-0.3, -0.25) is 9.59 Å². The summed E-state index contributed by atoms with van der Waals surface area (Å²) >= 11 is 3.67. The highest BCUT2D eigenvalue weighted by molar-refractivity contribution is 7.80. The SMILES string of the molecule is O=Cc1ccccc1C=O.OCCS. The van der Waals surface area contributed by atoms with Crippen LogP contribution in [-0.4, -0.2) is 30.0 Å². The molecule has 1 aromatic rings. The summed E-state index contributed by atoms with van der Waals surface area (Å²) in [4.78, 5) is 20.5. The molecular weight excluding hydrogens is 200 g/mol. The van der Waals surface area contributed by atoms with Crippen molar-refractivity contribution in [3.63, 3.8) is 0 Å². The standard InChI is InChI=1S/C8H6O2.C2H6OS/c9-5-7-3-1-2-4-8(7)6-10;3-1-2-4/h1-6H;3-4H,1-2H2. The van der Waals surface area contributed by atoms with Crippen molar-refractivity contribution in [3.8, 4) is 0 Å². The highest BCUT2D eigenvalue weighted by Gasteiger charge is 1.95. The molecule has 0 heterocycles. The summed E-state index contributed by atoms with van der Waals surface area (Å²) in [5.74, 6) is 0.569. The fourth-order valence-electron chi connectivity index (χ4n) is 0.726. The van der Waals surface area contributed by atoms with Crippen LogP contribution in [-0.2, 0) is 0 Å². The summed E-state index contributed by atoms with van der Waals surface area (Å²) in [5, 5.41) is 7.80. The highest BCUT2D eigenvalue weighted by Crippen LogP contribution is 2.01. The maximum Gasteiger partial charge on any atom is 0.150 e. The van der Waals surface area contributed by atoms with Crippen LogP contribution in [0.5, 0.6) is 0 Å². The first-order valence-corrected chi connectivity index (χ1v) is 4.64. The quantitative estimate of drug-likeness (QED) is 0.585. The van der Waals surface area contributed by atoms with Crippen molar-refractivity contribution < 1.29 is 14.7 Å². The molecule has 0 saturated carbocycles. The Bertz CT molecular complexity index is 257. The Morgan fingerprint density at radius 2 is 1.50 bits per heavy atom. The first-order valence-electron chi connectivity index (χ1n) is 4.01. The van der Waals surface area contributed by atoms with E-state index in [0.717, 1.165) is 0 Å². The molecular formula is C10H12O3S. The van der Waals surface area contributed by atoms with Gasteiger partial charge < -0.3 is 5.11 Å². The van der Waals surface area contributed by atoms with E-state index < -0.39 is 0 Å². The molecule has 0 aliphatic heterocycles. The molecule has 4 heteroatoms. The van der Waals surface area contributed by atoms with Gasteiger partial charge in [-0.15, -0.1) is 0 Å². The lowest BCUT2D eigenvalue weighted by Crippen LogP contribution is -1.87. The van der Waals surface area contributed by atoms with Crippen molar-refractivity contribution in [2.75, 3.05) is 12.4 Å². The summed E-state index contributed by atoms with van der Waals surface area (Å²) < 4.78 is 0. The Morgan fingerprint density at radius 3 is 1.71 bits per heavy atom. The molecule has 0 amide bonds. The van der Waals surface area contributed by atoms with Crippen molar-refractivity contribution in [2.24, 2.45) is 0 Å². The Hall–Kier alpha value is -1.13. The maximum atomic E-state index is 10.2. The number of aliphatic hydroxyl groups is 1. The molecule has 76 valence electrons. The maximum absolute atomic E-state index is 10.2. The molecule has 0 atom stereocenters. The van der Waals surface area contributed by atoms with Crippen LogP contribution >= 0.6 is 12.6 Å². The zero-order valence-electron chi connectivity index (χ0n) is 7.59. The zero-order chi connectivity index (χ0) is 10.8. The van der Waals surface area contributed by atoms with Gasteiger partial charge in [0.1, 0.15) is 0 Å². The lowest BCUT2D eigenvalue weighted by Gasteiger charge is -1.91. The van der Waals surface area contributed by atoms with Crippen LogP contribution in [0.25, 0.3) is 0 Å². The molecule has 0 aliphatic carbocycles. The predicted octanol–water partition coefficient (Wildman–Crippen LogP) is 1.22. The Labute approximate surface area is 88.2 Å². The minimum atomic E-state index is 0.184. The van der Waals surface area contributed by atoms with Gasteiger partial charge in [0.25, 0.3) is 0 Å². The molecule has 1 aromatic carbocycles. The highest BCUT2D eigenvalue weighted by atomic mass is 32.1. The van der Waals surface area contributed by atoms with Crippen molar-refractivity contribution in [1.82, 2.24) is 0 Å². The largest absolute Gasteiger partial charge is 0.396 e. The van der Waals surface area contributed by atoms with Crippen molar-refractivity contribution >= 4 is 25.2 Å². The second kappa shape index (κ2) is 8.47. The van der Waals surface area contributed by atoms with Crippen LogP contribution in [0.15, 0.2) is 24.3 Å². The van der Waals surface area contributed by atoms with E-state index in [1.54, 1.807) is 24.3 Å². The Morgan fingerprint density at radius 1 is 1.14 bits per heavy atom. The van der Waals surface area contributed by atoms with E-state index in [1.807, 2.05) is 0 Å². The molecule has 1 N–H and O–H groups in total. The number of aliphatic hydroxyl groups excluding tert-OH is 1. The van der Waals surface area contributed by atoms with Crippen LogP contribution in [0.3, 0.4) is 0 Å². The van der Waals surface area contributed by atoms with E-state index in [-0.39, 0.29) is 6.61 Å². The number of thiol groups is 1. The fourth-order valence-corrected chi connectivity index (χ4v) is 0.726. The molecule has 0 radical (unpaired) electrons. The molecule has 0 aliphatic rings. The van der Waals surface area contributed by atoms with E-state index in [2.05, 4.69) is 12.6 Å². The number of rotatable bonds is 3. The Balaban J connectivity index is 0.000000364. The molecule has 3 nitrogen and oxygen atoms in total. The molecule has 14 heavy (non-hydrogen) atoms. The van der Waals surface area contributed by atoms with E-state index in [4.69, 9.17) is 5.11 Å². The van der Waals surface area contributed by atoms with E-state index >= 15 is 0 Å². The summed E-state index contributed by atoms with van der Waals surface area (Å²) in [6.45, 7) is 0.184. The van der Waals surface area contributed by atoms with Gasteiger partial charge in [-0.05, 0) is 0 Å². The van der Waals surface area contributed by atoms with Crippen molar-refractivity contribution in [1.29, 1.82) is 0 Å². The minimum absolute atomic E-state index is 0.184.